The maximum absolute atomic E-state index is 12.0. The summed E-state index contributed by atoms with van der Waals surface area (Å²) in [6.07, 6.45) is 4.34. The number of anilines is 2. The topological polar surface area (TPSA) is 74.3 Å². The van der Waals surface area contributed by atoms with Crippen LogP contribution >= 0.6 is 0 Å². The molecule has 1 aliphatic heterocycles. The molecule has 0 radical (unpaired) electrons. The Kier molecular flexibility index (Phi) is 5.27. The average molecular weight is 290 g/mol. The van der Waals surface area contributed by atoms with Crippen LogP contribution in [0.15, 0.2) is 12.3 Å². The molecule has 1 aromatic rings. The van der Waals surface area contributed by atoms with Gasteiger partial charge in [-0.1, -0.05) is 6.92 Å². The van der Waals surface area contributed by atoms with E-state index in [0.29, 0.717) is 24.3 Å². The molecule has 6 heteroatoms. The van der Waals surface area contributed by atoms with Crippen molar-refractivity contribution in [1.29, 1.82) is 0 Å². The van der Waals surface area contributed by atoms with Crippen LogP contribution < -0.4 is 10.6 Å². The highest BCUT2D eigenvalue weighted by atomic mass is 16.2. The van der Waals surface area contributed by atoms with E-state index in [1.807, 2.05) is 6.92 Å². The third-order valence-corrected chi connectivity index (χ3v) is 3.53. The Morgan fingerprint density at radius 2 is 1.95 bits per heavy atom. The Morgan fingerprint density at radius 3 is 2.62 bits per heavy atom. The van der Waals surface area contributed by atoms with Gasteiger partial charge in [-0.05, 0) is 38.9 Å². The number of aryl methyl sites for hydroxylation is 1. The quantitative estimate of drug-likeness (QED) is 0.866. The molecule has 0 bridgehead atoms. The summed E-state index contributed by atoms with van der Waals surface area (Å²) in [6.45, 7) is 5.99. The van der Waals surface area contributed by atoms with Crippen molar-refractivity contribution in [3.05, 3.63) is 18.0 Å². The van der Waals surface area contributed by atoms with Crippen molar-refractivity contribution in [2.45, 2.75) is 33.1 Å². The normalized spacial score (nSPS) is 15.0. The number of hydrogen-bond acceptors (Lipinski definition) is 4. The maximum atomic E-state index is 12.0. The lowest BCUT2D eigenvalue weighted by Gasteiger charge is -2.15. The van der Waals surface area contributed by atoms with Gasteiger partial charge >= 0.3 is 0 Å². The van der Waals surface area contributed by atoms with Gasteiger partial charge in [-0.2, -0.15) is 0 Å². The molecule has 2 amide bonds. The van der Waals surface area contributed by atoms with Gasteiger partial charge in [-0.25, -0.2) is 0 Å². The number of nitrogens with zero attached hydrogens (tertiary/aromatic N) is 2. The number of pyridine rings is 1. The number of hydrogen-bond donors (Lipinski definition) is 2. The van der Waals surface area contributed by atoms with Crippen LogP contribution in [0.25, 0.3) is 0 Å². The Morgan fingerprint density at radius 1 is 1.24 bits per heavy atom. The van der Waals surface area contributed by atoms with Gasteiger partial charge < -0.3 is 10.6 Å². The van der Waals surface area contributed by atoms with E-state index in [4.69, 9.17) is 0 Å². The highest BCUT2D eigenvalue weighted by molar-refractivity contribution is 5.94. The summed E-state index contributed by atoms with van der Waals surface area (Å²) in [5, 5.41) is 5.62. The molecular formula is C15H22N4O2. The molecule has 0 aliphatic carbocycles. The minimum atomic E-state index is -0.0690. The summed E-state index contributed by atoms with van der Waals surface area (Å²) in [4.78, 5) is 29.8. The Labute approximate surface area is 124 Å². The first kappa shape index (κ1) is 15.4. The number of carbonyl (C=O) groups excluding carboxylic acids is 2. The Bertz CT molecular complexity index is 524. The van der Waals surface area contributed by atoms with Gasteiger partial charge in [0.2, 0.25) is 11.8 Å². The molecule has 2 heterocycles. The molecule has 1 saturated heterocycles. The third-order valence-electron chi connectivity index (χ3n) is 3.53. The first-order valence-electron chi connectivity index (χ1n) is 7.37. The fourth-order valence-corrected chi connectivity index (χ4v) is 2.31. The summed E-state index contributed by atoms with van der Waals surface area (Å²) in [5.41, 5.74) is 1.98. The second kappa shape index (κ2) is 7.17. The number of likely N-dealkylation sites (tertiary alicyclic amines) is 1. The molecule has 0 aromatic carbocycles. The first-order valence-corrected chi connectivity index (χ1v) is 7.37. The molecule has 114 valence electrons. The van der Waals surface area contributed by atoms with E-state index in [0.717, 1.165) is 31.6 Å². The molecule has 0 saturated carbocycles. The summed E-state index contributed by atoms with van der Waals surface area (Å²) in [6, 6.07) is 1.75. The molecular weight excluding hydrogens is 268 g/mol. The fraction of sp³-hybridized carbons (Fsp3) is 0.533. The summed E-state index contributed by atoms with van der Waals surface area (Å²) in [7, 11) is 0. The highest BCUT2D eigenvalue weighted by Crippen LogP contribution is 2.18. The second-order valence-electron chi connectivity index (χ2n) is 5.29. The molecule has 2 N–H and O–H groups in total. The highest BCUT2D eigenvalue weighted by Gasteiger charge is 2.15. The van der Waals surface area contributed by atoms with E-state index in [-0.39, 0.29) is 11.8 Å². The summed E-state index contributed by atoms with van der Waals surface area (Å²) in [5.74, 6) is -0.115. The zero-order valence-electron chi connectivity index (χ0n) is 12.6. The van der Waals surface area contributed by atoms with Gasteiger partial charge in [0.25, 0.3) is 0 Å². The van der Waals surface area contributed by atoms with Crippen LogP contribution in [0.4, 0.5) is 11.4 Å². The van der Waals surface area contributed by atoms with Crippen LogP contribution in [0.1, 0.15) is 31.9 Å². The zero-order valence-corrected chi connectivity index (χ0v) is 12.6. The van der Waals surface area contributed by atoms with Crippen LogP contribution in [-0.2, 0) is 9.59 Å². The maximum Gasteiger partial charge on any atom is 0.238 e. The smallest absolute Gasteiger partial charge is 0.238 e. The molecule has 6 nitrogen and oxygen atoms in total. The van der Waals surface area contributed by atoms with Crippen LogP contribution in [0.5, 0.6) is 0 Å². The molecule has 1 fully saturated rings. The van der Waals surface area contributed by atoms with E-state index in [1.165, 1.54) is 0 Å². The van der Waals surface area contributed by atoms with Gasteiger partial charge in [-0.3, -0.25) is 19.5 Å². The third kappa shape index (κ3) is 4.53. The van der Waals surface area contributed by atoms with Crippen molar-refractivity contribution in [1.82, 2.24) is 9.88 Å². The van der Waals surface area contributed by atoms with Gasteiger partial charge in [0.1, 0.15) is 0 Å². The predicted octanol–water partition coefficient (Wildman–Crippen LogP) is 1.77. The number of carbonyl (C=O) groups is 2. The van der Waals surface area contributed by atoms with Crippen LogP contribution in [0, 0.1) is 6.92 Å². The monoisotopic (exact) mass is 290 g/mol. The fourth-order valence-electron chi connectivity index (χ4n) is 2.31. The van der Waals surface area contributed by atoms with Gasteiger partial charge in [0.05, 0.1) is 29.8 Å². The Balaban J connectivity index is 1.97. The number of aromatic nitrogens is 1. The first-order chi connectivity index (χ1) is 10.1. The van der Waals surface area contributed by atoms with Crippen molar-refractivity contribution in [2.75, 3.05) is 30.3 Å². The standard InChI is InChI=1S/C15H22N4O2/c1-3-14(20)18-13-8-12(9-16-11(13)2)17-15(21)10-19-6-4-5-7-19/h8-9H,3-7,10H2,1-2H3,(H,17,21)(H,18,20). The lowest BCUT2D eigenvalue weighted by molar-refractivity contribution is -0.117. The van der Waals surface area contributed by atoms with Crippen molar-refractivity contribution < 1.29 is 9.59 Å². The lowest BCUT2D eigenvalue weighted by Crippen LogP contribution is -2.30. The second-order valence-corrected chi connectivity index (χ2v) is 5.29. The molecule has 0 atom stereocenters. The lowest BCUT2D eigenvalue weighted by atomic mass is 10.2. The molecule has 21 heavy (non-hydrogen) atoms. The van der Waals surface area contributed by atoms with Crippen molar-refractivity contribution in [2.24, 2.45) is 0 Å². The molecule has 0 unspecified atom stereocenters. The van der Waals surface area contributed by atoms with Gasteiger partial charge in [0, 0.05) is 6.42 Å². The van der Waals surface area contributed by atoms with Gasteiger partial charge in [0.15, 0.2) is 0 Å². The van der Waals surface area contributed by atoms with Crippen LogP contribution in [-0.4, -0.2) is 41.3 Å². The van der Waals surface area contributed by atoms with E-state index in [1.54, 1.807) is 19.2 Å². The minimum absolute atomic E-state index is 0.0460. The van der Waals surface area contributed by atoms with Crippen LogP contribution in [0.3, 0.4) is 0 Å². The van der Waals surface area contributed by atoms with Gasteiger partial charge in [-0.15, -0.1) is 0 Å². The van der Waals surface area contributed by atoms with Crippen molar-refractivity contribution in [3.63, 3.8) is 0 Å². The van der Waals surface area contributed by atoms with E-state index >= 15 is 0 Å². The average Bonchev–Trinajstić information content (AvgIpc) is 2.95. The summed E-state index contributed by atoms with van der Waals surface area (Å²) >= 11 is 0. The van der Waals surface area contributed by atoms with E-state index in [9.17, 15) is 9.59 Å². The van der Waals surface area contributed by atoms with Crippen LogP contribution in [0.2, 0.25) is 0 Å². The zero-order chi connectivity index (χ0) is 15.2. The number of nitrogens with one attached hydrogen (secondary N) is 2. The number of amides is 2. The summed E-state index contributed by atoms with van der Waals surface area (Å²) < 4.78 is 0. The molecule has 0 spiro atoms. The minimum Gasteiger partial charge on any atom is -0.324 e. The molecule has 2 rings (SSSR count). The SMILES string of the molecule is CCC(=O)Nc1cc(NC(=O)CN2CCCC2)cnc1C. The molecule has 1 aliphatic rings. The van der Waals surface area contributed by atoms with E-state index < -0.39 is 0 Å². The van der Waals surface area contributed by atoms with E-state index in [2.05, 4.69) is 20.5 Å². The number of rotatable bonds is 5. The largest absolute Gasteiger partial charge is 0.324 e. The Hall–Kier alpha value is -1.95. The van der Waals surface area contributed by atoms with Crippen molar-refractivity contribution in [3.8, 4) is 0 Å². The van der Waals surface area contributed by atoms with Crippen molar-refractivity contribution >= 4 is 23.2 Å². The molecule has 1 aromatic heterocycles. The predicted molar refractivity (Wildman–Crippen MR) is 82.2 cm³/mol.